The Labute approximate surface area is 131 Å². The van der Waals surface area contributed by atoms with Crippen molar-refractivity contribution in [3.05, 3.63) is 24.3 Å². The Morgan fingerprint density at radius 1 is 1.18 bits per heavy atom. The van der Waals surface area contributed by atoms with Crippen molar-refractivity contribution in [3.8, 4) is 0 Å². The third-order valence-corrected chi connectivity index (χ3v) is 6.93. The number of sulfone groups is 1. The highest BCUT2D eigenvalue weighted by molar-refractivity contribution is 7.92. The number of nitrogens with zero attached hydrogens (tertiary/aromatic N) is 1. The summed E-state index contributed by atoms with van der Waals surface area (Å²) in [4.78, 5) is 14.0. The maximum atomic E-state index is 12.6. The monoisotopic (exact) mass is 322 g/mol. The summed E-state index contributed by atoms with van der Waals surface area (Å²) in [6.07, 6.45) is 4.24. The lowest BCUT2D eigenvalue weighted by Gasteiger charge is -2.16. The third-order valence-electron chi connectivity index (χ3n) is 4.67. The molecule has 2 aliphatic rings. The first-order chi connectivity index (χ1) is 10.5. The zero-order valence-corrected chi connectivity index (χ0v) is 13.6. The van der Waals surface area contributed by atoms with Crippen LogP contribution in [0.5, 0.6) is 0 Å². The zero-order valence-electron chi connectivity index (χ0n) is 12.8. The largest absolute Gasteiger partial charge is 0.374 e. The van der Waals surface area contributed by atoms with Crippen LogP contribution >= 0.6 is 0 Å². The Kier molecular flexibility index (Phi) is 4.12. The van der Waals surface area contributed by atoms with E-state index >= 15 is 0 Å². The van der Waals surface area contributed by atoms with E-state index in [1.807, 2.05) is 6.07 Å². The summed E-state index contributed by atoms with van der Waals surface area (Å²) in [5, 5.41) is 2.92. The highest BCUT2D eigenvalue weighted by Gasteiger charge is 2.31. The van der Waals surface area contributed by atoms with E-state index in [4.69, 9.17) is 0 Å². The Morgan fingerprint density at radius 3 is 2.55 bits per heavy atom. The molecule has 0 aromatic heterocycles. The molecule has 1 aliphatic heterocycles. The van der Waals surface area contributed by atoms with Crippen LogP contribution in [0.15, 0.2) is 29.2 Å². The molecule has 1 saturated heterocycles. The zero-order chi connectivity index (χ0) is 15.7. The smallest absolute Gasteiger partial charge is 0.244 e. The van der Waals surface area contributed by atoms with Crippen LogP contribution in [0.3, 0.4) is 0 Å². The van der Waals surface area contributed by atoms with Crippen molar-refractivity contribution < 1.29 is 13.2 Å². The van der Waals surface area contributed by atoms with Crippen LogP contribution in [0.25, 0.3) is 0 Å². The molecular formula is C16H22N2O3S. The minimum absolute atomic E-state index is 0.0593. The summed E-state index contributed by atoms with van der Waals surface area (Å²) in [6, 6.07) is 6.63. The van der Waals surface area contributed by atoms with Crippen LogP contribution in [0.4, 0.5) is 5.69 Å². The van der Waals surface area contributed by atoms with Gasteiger partial charge in [0.15, 0.2) is 9.84 Å². The maximum absolute atomic E-state index is 12.6. The van der Waals surface area contributed by atoms with Gasteiger partial charge >= 0.3 is 0 Å². The lowest BCUT2D eigenvalue weighted by molar-refractivity contribution is -0.127. The second kappa shape index (κ2) is 5.91. The second-order valence-corrected chi connectivity index (χ2v) is 8.45. The van der Waals surface area contributed by atoms with E-state index < -0.39 is 9.84 Å². The molecular weight excluding hydrogens is 300 g/mol. The van der Waals surface area contributed by atoms with Crippen LogP contribution in [0, 0.1) is 0 Å². The minimum Gasteiger partial charge on any atom is -0.374 e. The van der Waals surface area contributed by atoms with E-state index in [1.54, 1.807) is 30.1 Å². The summed E-state index contributed by atoms with van der Waals surface area (Å²) >= 11 is 0. The predicted molar refractivity (Wildman–Crippen MR) is 85.5 cm³/mol. The van der Waals surface area contributed by atoms with Crippen molar-refractivity contribution in [2.75, 3.05) is 18.9 Å². The van der Waals surface area contributed by atoms with Gasteiger partial charge in [0.1, 0.15) is 6.04 Å². The molecule has 0 radical (unpaired) electrons. The molecule has 120 valence electrons. The Morgan fingerprint density at radius 2 is 1.91 bits per heavy atom. The van der Waals surface area contributed by atoms with Gasteiger partial charge in [-0.2, -0.15) is 0 Å². The first-order valence-electron chi connectivity index (χ1n) is 7.84. The number of nitrogens with one attached hydrogen (secondary N) is 1. The number of likely N-dealkylation sites (tertiary alicyclic amines) is 1. The lowest BCUT2D eigenvalue weighted by Crippen LogP contribution is -2.31. The average Bonchev–Trinajstić information content (AvgIpc) is 3.14. The molecule has 1 atom stereocenters. The van der Waals surface area contributed by atoms with Gasteiger partial charge in [0.25, 0.3) is 0 Å². The number of hydrogen-bond acceptors (Lipinski definition) is 4. The number of hydrogen-bond donors (Lipinski definition) is 1. The van der Waals surface area contributed by atoms with Gasteiger partial charge in [0.2, 0.25) is 5.91 Å². The number of rotatable bonds is 4. The van der Waals surface area contributed by atoms with Crippen molar-refractivity contribution in [3.63, 3.8) is 0 Å². The van der Waals surface area contributed by atoms with Crippen LogP contribution in [0.1, 0.15) is 32.1 Å². The van der Waals surface area contributed by atoms with E-state index in [0.717, 1.165) is 38.6 Å². The van der Waals surface area contributed by atoms with Crippen molar-refractivity contribution in [2.24, 2.45) is 0 Å². The summed E-state index contributed by atoms with van der Waals surface area (Å²) < 4.78 is 25.3. The average molecular weight is 322 g/mol. The number of likely N-dealkylation sites (N-methyl/N-ethyl adjacent to an activating group) is 1. The van der Waals surface area contributed by atoms with E-state index in [2.05, 4.69) is 5.32 Å². The molecule has 0 spiro atoms. The quantitative estimate of drug-likeness (QED) is 0.921. The molecule has 3 rings (SSSR count). The molecule has 1 aromatic rings. The molecule has 0 bridgehead atoms. The van der Waals surface area contributed by atoms with Gasteiger partial charge in [-0.15, -0.1) is 0 Å². The highest BCUT2D eigenvalue weighted by Crippen LogP contribution is 2.30. The minimum atomic E-state index is -3.25. The molecule has 2 fully saturated rings. The first kappa shape index (κ1) is 15.3. The number of carbonyl (C=O) groups excluding carboxylic acids is 1. The van der Waals surface area contributed by atoms with Crippen LogP contribution in [-0.2, 0) is 14.6 Å². The van der Waals surface area contributed by atoms with Gasteiger partial charge in [0, 0.05) is 19.3 Å². The van der Waals surface area contributed by atoms with E-state index in [1.165, 1.54) is 0 Å². The second-order valence-electron chi connectivity index (χ2n) is 6.22. The predicted octanol–water partition coefficient (Wildman–Crippen LogP) is 2.05. The Hall–Kier alpha value is -1.56. The Balaban J connectivity index is 1.79. The molecule has 1 saturated carbocycles. The van der Waals surface area contributed by atoms with Crippen LogP contribution in [-0.4, -0.2) is 44.1 Å². The molecule has 1 amide bonds. The van der Waals surface area contributed by atoms with Gasteiger partial charge in [-0.1, -0.05) is 18.9 Å². The fraction of sp³-hybridized carbons (Fsp3) is 0.562. The summed E-state index contributed by atoms with van der Waals surface area (Å²) in [6.45, 7) is 0.733. The standard InChI is InChI=1S/C16H22N2O3S/c1-18-10-9-15(16(18)19)17-12-5-4-8-14(11-12)22(20,21)13-6-2-3-7-13/h4-5,8,11,13,15,17H,2-3,6-7,9-10H2,1H3/t15-/m0/s1. The topological polar surface area (TPSA) is 66.5 Å². The fourth-order valence-corrected chi connectivity index (χ4v) is 5.21. The lowest BCUT2D eigenvalue weighted by atomic mass is 10.2. The third kappa shape index (κ3) is 2.84. The molecule has 5 nitrogen and oxygen atoms in total. The van der Waals surface area contributed by atoms with Crippen molar-refractivity contribution >= 4 is 21.4 Å². The number of amides is 1. The molecule has 1 aliphatic carbocycles. The summed E-state index contributed by atoms with van der Waals surface area (Å²) in [5.41, 5.74) is 0.702. The first-order valence-corrected chi connectivity index (χ1v) is 9.38. The van der Waals surface area contributed by atoms with Crippen molar-refractivity contribution in [1.82, 2.24) is 4.90 Å². The van der Waals surface area contributed by atoms with E-state index in [-0.39, 0.29) is 17.2 Å². The van der Waals surface area contributed by atoms with Crippen molar-refractivity contribution in [2.45, 2.75) is 48.3 Å². The molecule has 0 unspecified atom stereocenters. The van der Waals surface area contributed by atoms with Gasteiger partial charge in [0.05, 0.1) is 10.1 Å². The highest BCUT2D eigenvalue weighted by atomic mass is 32.2. The number of carbonyl (C=O) groups is 1. The molecule has 1 N–H and O–H groups in total. The molecule has 1 heterocycles. The summed E-state index contributed by atoms with van der Waals surface area (Å²) in [5.74, 6) is 0.0593. The number of benzene rings is 1. The van der Waals surface area contributed by atoms with E-state index in [9.17, 15) is 13.2 Å². The van der Waals surface area contributed by atoms with Crippen LogP contribution < -0.4 is 5.32 Å². The Bertz CT molecular complexity index is 666. The van der Waals surface area contributed by atoms with E-state index in [0.29, 0.717) is 10.6 Å². The van der Waals surface area contributed by atoms with Gasteiger partial charge in [-0.3, -0.25) is 4.79 Å². The molecule has 22 heavy (non-hydrogen) atoms. The summed E-state index contributed by atoms with van der Waals surface area (Å²) in [7, 11) is -1.47. The molecule has 1 aromatic carbocycles. The fourth-order valence-electron chi connectivity index (χ4n) is 3.31. The SMILES string of the molecule is CN1CC[C@H](Nc2cccc(S(=O)(=O)C3CCCC3)c2)C1=O. The number of anilines is 1. The maximum Gasteiger partial charge on any atom is 0.244 e. The van der Waals surface area contributed by atoms with Crippen molar-refractivity contribution in [1.29, 1.82) is 0 Å². The van der Waals surface area contributed by atoms with Gasteiger partial charge in [-0.25, -0.2) is 8.42 Å². The van der Waals surface area contributed by atoms with Gasteiger partial charge < -0.3 is 10.2 Å². The van der Waals surface area contributed by atoms with Crippen LogP contribution in [0.2, 0.25) is 0 Å². The molecule has 6 heteroatoms. The normalized spacial score (nSPS) is 23.2. The van der Waals surface area contributed by atoms with Gasteiger partial charge in [-0.05, 0) is 37.5 Å².